The van der Waals surface area contributed by atoms with E-state index in [2.05, 4.69) is 10.1 Å². The number of aldehydes is 1. The van der Waals surface area contributed by atoms with Crippen molar-refractivity contribution in [3.63, 3.8) is 0 Å². The number of nitro groups is 1. The minimum absolute atomic E-state index is 0.0492. The van der Waals surface area contributed by atoms with E-state index in [0.717, 1.165) is 0 Å². The van der Waals surface area contributed by atoms with Crippen LogP contribution in [0.1, 0.15) is 40.7 Å². The molecule has 9 heteroatoms. The Kier molecular flexibility index (Phi) is 7.12. The first-order valence-electron chi connectivity index (χ1n) is 8.09. The highest BCUT2D eigenvalue weighted by Crippen LogP contribution is 2.20. The quantitative estimate of drug-likeness (QED) is 0.223. The van der Waals surface area contributed by atoms with Gasteiger partial charge >= 0.3 is 5.97 Å². The van der Waals surface area contributed by atoms with Crippen molar-refractivity contribution in [2.45, 2.75) is 19.3 Å². The Labute approximate surface area is 154 Å². The van der Waals surface area contributed by atoms with Crippen molar-refractivity contribution in [1.29, 1.82) is 0 Å². The lowest BCUT2D eigenvalue weighted by atomic mass is 10.0. The number of nitrogens with zero attached hydrogens (tertiary/aromatic N) is 3. The molecule has 1 heterocycles. The molecule has 1 N–H and O–H groups in total. The van der Waals surface area contributed by atoms with Gasteiger partial charge in [0.05, 0.1) is 10.5 Å². The van der Waals surface area contributed by atoms with Gasteiger partial charge in [0.15, 0.2) is 6.29 Å². The lowest BCUT2D eigenvalue weighted by molar-refractivity contribution is -0.385. The van der Waals surface area contributed by atoms with Crippen molar-refractivity contribution < 1.29 is 24.5 Å². The summed E-state index contributed by atoms with van der Waals surface area (Å²) in [4.78, 5) is 41.3. The van der Waals surface area contributed by atoms with Crippen LogP contribution in [0.5, 0.6) is 0 Å². The van der Waals surface area contributed by atoms with Gasteiger partial charge in [-0.3, -0.25) is 24.7 Å². The van der Waals surface area contributed by atoms with E-state index in [4.69, 9.17) is 9.94 Å². The molecule has 27 heavy (non-hydrogen) atoms. The Hall–Kier alpha value is -3.62. The minimum atomic E-state index is -0.873. The number of carbonyl (C=O) groups is 2. The first kappa shape index (κ1) is 19.7. The van der Waals surface area contributed by atoms with E-state index >= 15 is 0 Å². The predicted molar refractivity (Wildman–Crippen MR) is 95.8 cm³/mol. The van der Waals surface area contributed by atoms with Crippen LogP contribution in [0.3, 0.4) is 0 Å². The van der Waals surface area contributed by atoms with E-state index in [0.29, 0.717) is 36.0 Å². The topological polar surface area (TPSA) is 132 Å². The third kappa shape index (κ3) is 5.70. The highest BCUT2D eigenvalue weighted by Gasteiger charge is 2.17. The summed E-state index contributed by atoms with van der Waals surface area (Å²) in [5, 5.41) is 23.7. The van der Waals surface area contributed by atoms with E-state index < -0.39 is 10.9 Å². The molecule has 1 aromatic carbocycles. The molecule has 0 bridgehead atoms. The molecule has 0 saturated carbocycles. The molecular formula is C18H17N3O6. The summed E-state index contributed by atoms with van der Waals surface area (Å²) in [6.07, 6.45) is 4.56. The second-order valence-corrected chi connectivity index (χ2v) is 5.51. The van der Waals surface area contributed by atoms with E-state index in [1.54, 1.807) is 24.5 Å². The predicted octanol–water partition coefficient (Wildman–Crippen LogP) is 2.83. The molecule has 0 fully saturated rings. The number of carbonyl (C=O) groups excluding carboxylic acids is 1. The summed E-state index contributed by atoms with van der Waals surface area (Å²) < 4.78 is 0. The molecule has 1 aromatic heterocycles. The smallest absolute Gasteiger partial charge is 0.303 e. The number of nitro benzene ring substituents is 1. The van der Waals surface area contributed by atoms with Crippen LogP contribution in [-0.4, -0.2) is 39.6 Å². The Morgan fingerprint density at radius 3 is 2.74 bits per heavy atom. The van der Waals surface area contributed by atoms with Crippen molar-refractivity contribution in [2.24, 2.45) is 5.16 Å². The number of carboxylic acids is 1. The zero-order valence-corrected chi connectivity index (χ0v) is 14.3. The van der Waals surface area contributed by atoms with Gasteiger partial charge in [0.2, 0.25) is 0 Å². The minimum Gasteiger partial charge on any atom is -0.481 e. The first-order valence-corrected chi connectivity index (χ1v) is 8.09. The van der Waals surface area contributed by atoms with Gasteiger partial charge in [0.1, 0.15) is 12.3 Å². The third-order valence-corrected chi connectivity index (χ3v) is 3.59. The normalized spacial score (nSPS) is 11.0. The molecule has 0 aliphatic heterocycles. The SMILES string of the molecule is O=Cc1cc(C(=NOCCCCC(=O)O)c2cccnc2)ccc1[N+](=O)[O-]. The number of benzene rings is 1. The first-order chi connectivity index (χ1) is 13.0. The summed E-state index contributed by atoms with van der Waals surface area (Å²) >= 11 is 0. The number of carboxylic acid groups (broad SMARTS) is 1. The zero-order chi connectivity index (χ0) is 19.6. The summed E-state index contributed by atoms with van der Waals surface area (Å²) in [5.74, 6) is -0.873. The molecule has 0 amide bonds. The second-order valence-electron chi connectivity index (χ2n) is 5.51. The molecule has 0 atom stereocenters. The van der Waals surface area contributed by atoms with Gasteiger partial charge in [-0.25, -0.2) is 0 Å². The van der Waals surface area contributed by atoms with Crippen LogP contribution in [0.4, 0.5) is 5.69 Å². The fourth-order valence-electron chi connectivity index (χ4n) is 2.29. The van der Waals surface area contributed by atoms with Crippen molar-refractivity contribution >= 4 is 23.7 Å². The number of pyridine rings is 1. The van der Waals surface area contributed by atoms with Crippen LogP contribution in [-0.2, 0) is 9.63 Å². The summed E-state index contributed by atoms with van der Waals surface area (Å²) in [6, 6.07) is 7.51. The van der Waals surface area contributed by atoms with Gasteiger partial charge in [-0.1, -0.05) is 5.16 Å². The number of hydrogen-bond acceptors (Lipinski definition) is 7. The van der Waals surface area contributed by atoms with Gasteiger partial charge in [0, 0.05) is 36.0 Å². The molecule has 9 nitrogen and oxygen atoms in total. The maximum atomic E-state index is 11.2. The van der Waals surface area contributed by atoms with Crippen LogP contribution in [0.15, 0.2) is 47.9 Å². The zero-order valence-electron chi connectivity index (χ0n) is 14.3. The Balaban J connectivity index is 2.25. The highest BCUT2D eigenvalue weighted by atomic mass is 16.6. The number of hydrogen-bond donors (Lipinski definition) is 1. The number of oxime groups is 1. The standard InChI is InChI=1S/C18H17N3O6/c22-12-15-10-13(6-7-16(15)21(25)26)18(14-4-3-8-19-11-14)20-27-9-2-1-5-17(23)24/h3-4,6-8,10-12H,1-2,5,9H2,(H,23,24). The average Bonchev–Trinajstić information content (AvgIpc) is 2.67. The number of aromatic nitrogens is 1. The second kappa shape index (κ2) is 9.76. The average molecular weight is 371 g/mol. The summed E-state index contributed by atoms with van der Waals surface area (Å²) in [6.45, 7) is 0.213. The molecule has 140 valence electrons. The maximum Gasteiger partial charge on any atom is 0.303 e. The third-order valence-electron chi connectivity index (χ3n) is 3.59. The molecule has 0 aliphatic carbocycles. The Bertz CT molecular complexity index is 851. The van der Waals surface area contributed by atoms with Gasteiger partial charge in [0.25, 0.3) is 5.69 Å². The number of unbranched alkanes of at least 4 members (excludes halogenated alkanes) is 1. The molecule has 0 saturated heterocycles. The van der Waals surface area contributed by atoms with Crippen molar-refractivity contribution in [2.75, 3.05) is 6.61 Å². The number of rotatable bonds is 10. The number of aliphatic carboxylic acids is 1. The largest absolute Gasteiger partial charge is 0.481 e. The molecule has 2 rings (SSSR count). The van der Waals surface area contributed by atoms with E-state index in [1.807, 2.05) is 0 Å². The molecular weight excluding hydrogens is 354 g/mol. The fraction of sp³-hybridized carbons (Fsp3) is 0.222. The van der Waals surface area contributed by atoms with Crippen molar-refractivity contribution in [3.8, 4) is 0 Å². The van der Waals surface area contributed by atoms with Crippen molar-refractivity contribution in [1.82, 2.24) is 4.98 Å². The summed E-state index contributed by atoms with van der Waals surface area (Å²) in [5.41, 5.74) is 1.05. The van der Waals surface area contributed by atoms with Gasteiger partial charge in [-0.15, -0.1) is 0 Å². The van der Waals surface area contributed by atoms with E-state index in [9.17, 15) is 19.7 Å². The highest BCUT2D eigenvalue weighted by molar-refractivity contribution is 6.13. The summed E-state index contributed by atoms with van der Waals surface area (Å²) in [7, 11) is 0. The Morgan fingerprint density at radius 1 is 1.30 bits per heavy atom. The van der Waals surface area contributed by atoms with E-state index in [-0.39, 0.29) is 24.3 Å². The van der Waals surface area contributed by atoms with E-state index in [1.165, 1.54) is 18.2 Å². The van der Waals surface area contributed by atoms with Crippen LogP contribution in [0, 0.1) is 10.1 Å². The van der Waals surface area contributed by atoms with Crippen LogP contribution in [0.25, 0.3) is 0 Å². The molecule has 0 spiro atoms. The van der Waals surface area contributed by atoms with Gasteiger partial charge in [-0.05, 0) is 37.1 Å². The van der Waals surface area contributed by atoms with Crippen LogP contribution >= 0.6 is 0 Å². The monoisotopic (exact) mass is 371 g/mol. The lowest BCUT2D eigenvalue weighted by Crippen LogP contribution is -2.07. The fourth-order valence-corrected chi connectivity index (χ4v) is 2.29. The molecule has 0 aliphatic rings. The maximum absolute atomic E-state index is 11.2. The van der Waals surface area contributed by atoms with Gasteiger partial charge < -0.3 is 9.94 Å². The van der Waals surface area contributed by atoms with Gasteiger partial charge in [-0.2, -0.15) is 0 Å². The van der Waals surface area contributed by atoms with Crippen molar-refractivity contribution in [3.05, 3.63) is 69.5 Å². The Morgan fingerprint density at radius 2 is 2.11 bits per heavy atom. The molecule has 2 aromatic rings. The lowest BCUT2D eigenvalue weighted by Gasteiger charge is -2.08. The van der Waals surface area contributed by atoms with Crippen LogP contribution in [0.2, 0.25) is 0 Å². The molecule has 0 unspecified atom stereocenters. The van der Waals surface area contributed by atoms with Crippen LogP contribution < -0.4 is 0 Å². The molecule has 0 radical (unpaired) electrons.